The van der Waals surface area contributed by atoms with Crippen molar-refractivity contribution in [3.8, 4) is 5.75 Å². The molecular weight excluding hydrogens is 327 g/mol. The van der Waals surface area contributed by atoms with E-state index in [0.717, 1.165) is 0 Å². The predicted molar refractivity (Wildman–Crippen MR) is 87.1 cm³/mol. The van der Waals surface area contributed by atoms with Crippen molar-refractivity contribution in [3.05, 3.63) is 59.7 Å². The molecule has 2 aromatic rings. The van der Waals surface area contributed by atoms with E-state index in [0.29, 0.717) is 31.7 Å². The molecule has 1 saturated heterocycles. The second-order valence-corrected chi connectivity index (χ2v) is 5.80. The van der Waals surface area contributed by atoms with Gasteiger partial charge in [-0.15, -0.1) is 0 Å². The van der Waals surface area contributed by atoms with Gasteiger partial charge in [0.05, 0.1) is 5.56 Å². The van der Waals surface area contributed by atoms with Gasteiger partial charge in [0.2, 0.25) is 0 Å². The van der Waals surface area contributed by atoms with Crippen molar-refractivity contribution in [1.82, 2.24) is 9.88 Å². The monoisotopic (exact) mass is 344 g/mol. The number of hydrogen-bond acceptors (Lipinski definition) is 4. The summed E-state index contributed by atoms with van der Waals surface area (Å²) in [5.74, 6) is -1.10. The van der Waals surface area contributed by atoms with E-state index in [1.54, 1.807) is 17.0 Å². The maximum atomic E-state index is 12.9. The van der Waals surface area contributed by atoms with E-state index in [-0.39, 0.29) is 29.1 Å². The normalized spacial score (nSPS) is 15.0. The maximum Gasteiger partial charge on any atom is 0.335 e. The Bertz CT molecular complexity index is 771. The molecule has 3 rings (SSSR count). The molecule has 0 spiro atoms. The van der Waals surface area contributed by atoms with Crippen LogP contribution in [0.3, 0.4) is 0 Å². The third kappa shape index (κ3) is 4.12. The van der Waals surface area contributed by atoms with Crippen LogP contribution in [0.4, 0.5) is 4.39 Å². The molecule has 2 heterocycles. The summed E-state index contributed by atoms with van der Waals surface area (Å²) in [6, 6.07) is 8.47. The number of carbonyl (C=O) groups is 2. The van der Waals surface area contributed by atoms with E-state index in [1.165, 1.54) is 30.5 Å². The number of benzene rings is 1. The van der Waals surface area contributed by atoms with Crippen LogP contribution in [-0.2, 0) is 0 Å². The van der Waals surface area contributed by atoms with Crippen molar-refractivity contribution in [3.63, 3.8) is 0 Å². The topological polar surface area (TPSA) is 79.7 Å². The highest BCUT2D eigenvalue weighted by molar-refractivity contribution is 5.95. The van der Waals surface area contributed by atoms with Crippen LogP contribution in [-0.4, -0.2) is 46.1 Å². The Labute approximate surface area is 143 Å². The first kappa shape index (κ1) is 16.9. The number of carboxylic acid groups (broad SMARTS) is 1. The molecule has 0 atom stereocenters. The van der Waals surface area contributed by atoms with Crippen LogP contribution in [0, 0.1) is 5.82 Å². The van der Waals surface area contributed by atoms with E-state index in [9.17, 15) is 14.0 Å². The lowest BCUT2D eigenvalue weighted by Crippen LogP contribution is -2.42. The molecular formula is C18H17FN2O4. The minimum Gasteiger partial charge on any atom is -0.490 e. The summed E-state index contributed by atoms with van der Waals surface area (Å²) in [6.45, 7) is 0.980. The smallest absolute Gasteiger partial charge is 0.335 e. The molecule has 1 aliphatic rings. The molecule has 6 nitrogen and oxygen atoms in total. The van der Waals surface area contributed by atoms with Crippen molar-refractivity contribution in [1.29, 1.82) is 0 Å². The van der Waals surface area contributed by atoms with Crippen LogP contribution in [0.15, 0.2) is 42.6 Å². The average Bonchev–Trinajstić information content (AvgIpc) is 2.64. The number of ether oxygens (including phenoxy) is 1. The third-order valence-corrected chi connectivity index (χ3v) is 4.07. The number of carbonyl (C=O) groups excluding carboxylic acids is 1. The molecule has 25 heavy (non-hydrogen) atoms. The number of piperidine rings is 1. The minimum atomic E-state index is -1.09. The highest BCUT2D eigenvalue weighted by Gasteiger charge is 2.25. The number of rotatable bonds is 4. The minimum absolute atomic E-state index is 0.0351. The molecule has 1 fully saturated rings. The van der Waals surface area contributed by atoms with E-state index in [2.05, 4.69) is 4.98 Å². The van der Waals surface area contributed by atoms with Crippen LogP contribution in [0.2, 0.25) is 0 Å². The Morgan fingerprint density at radius 1 is 1.16 bits per heavy atom. The number of likely N-dealkylation sites (tertiary alicyclic amines) is 1. The van der Waals surface area contributed by atoms with Crippen molar-refractivity contribution in [2.45, 2.75) is 18.9 Å². The molecule has 0 bridgehead atoms. The van der Waals surface area contributed by atoms with Gasteiger partial charge in [-0.25, -0.2) is 9.18 Å². The van der Waals surface area contributed by atoms with Crippen LogP contribution in [0.5, 0.6) is 5.75 Å². The fourth-order valence-corrected chi connectivity index (χ4v) is 2.72. The average molecular weight is 344 g/mol. The van der Waals surface area contributed by atoms with E-state index in [1.807, 2.05) is 0 Å². The lowest BCUT2D eigenvalue weighted by Gasteiger charge is -2.32. The van der Waals surface area contributed by atoms with Gasteiger partial charge in [0.1, 0.15) is 23.4 Å². The third-order valence-electron chi connectivity index (χ3n) is 4.07. The van der Waals surface area contributed by atoms with E-state index >= 15 is 0 Å². The summed E-state index contributed by atoms with van der Waals surface area (Å²) >= 11 is 0. The van der Waals surface area contributed by atoms with Gasteiger partial charge < -0.3 is 14.7 Å². The number of halogens is 1. The summed E-state index contributed by atoms with van der Waals surface area (Å²) in [4.78, 5) is 29.1. The van der Waals surface area contributed by atoms with Gasteiger partial charge in [-0.2, -0.15) is 0 Å². The molecule has 1 aliphatic heterocycles. The predicted octanol–water partition coefficient (Wildman–Crippen LogP) is 2.60. The summed E-state index contributed by atoms with van der Waals surface area (Å²) in [5, 5.41) is 9.00. The molecule has 0 radical (unpaired) electrons. The number of hydrogen-bond donors (Lipinski definition) is 1. The lowest BCUT2D eigenvalue weighted by molar-refractivity contribution is 0.0590. The Balaban J connectivity index is 1.58. The summed E-state index contributed by atoms with van der Waals surface area (Å²) in [6.07, 6.45) is 2.55. The van der Waals surface area contributed by atoms with Crippen molar-refractivity contribution >= 4 is 11.9 Å². The first-order chi connectivity index (χ1) is 12.0. The SMILES string of the molecule is O=C(O)c1ccnc(C(=O)N2CCC(Oc3ccc(F)cc3)CC2)c1. The van der Waals surface area contributed by atoms with E-state index < -0.39 is 5.97 Å². The number of aromatic nitrogens is 1. The van der Waals surface area contributed by atoms with Gasteiger partial charge in [0.15, 0.2) is 0 Å². The van der Waals surface area contributed by atoms with Gasteiger partial charge in [0, 0.05) is 32.1 Å². The molecule has 0 saturated carbocycles. The fourth-order valence-electron chi connectivity index (χ4n) is 2.72. The van der Waals surface area contributed by atoms with Gasteiger partial charge in [-0.1, -0.05) is 0 Å². The number of aromatic carboxylic acids is 1. The molecule has 1 aromatic heterocycles. The summed E-state index contributed by atoms with van der Waals surface area (Å²) < 4.78 is 18.7. The number of amides is 1. The quantitative estimate of drug-likeness (QED) is 0.922. The molecule has 0 unspecified atom stereocenters. The van der Waals surface area contributed by atoms with E-state index in [4.69, 9.17) is 9.84 Å². The Hall–Kier alpha value is -2.96. The number of pyridine rings is 1. The number of carboxylic acids is 1. The molecule has 0 aliphatic carbocycles. The molecule has 1 aromatic carbocycles. The fraction of sp³-hybridized carbons (Fsp3) is 0.278. The second kappa shape index (κ2) is 7.29. The summed E-state index contributed by atoms with van der Waals surface area (Å²) in [7, 11) is 0. The molecule has 7 heteroatoms. The standard InChI is InChI=1S/C18H17FN2O4/c19-13-1-3-14(4-2-13)25-15-6-9-21(10-7-15)17(22)16-11-12(18(23)24)5-8-20-16/h1-5,8,11,15H,6-7,9-10H2,(H,23,24). The Kier molecular flexibility index (Phi) is 4.92. The van der Waals surface area contributed by atoms with Crippen LogP contribution in [0.25, 0.3) is 0 Å². The maximum absolute atomic E-state index is 12.9. The van der Waals surface area contributed by atoms with Gasteiger partial charge in [-0.05, 0) is 36.4 Å². The van der Waals surface area contributed by atoms with Crippen molar-refractivity contribution < 1.29 is 23.8 Å². The van der Waals surface area contributed by atoms with Crippen LogP contribution >= 0.6 is 0 Å². The number of nitrogens with zero attached hydrogens (tertiary/aromatic N) is 2. The Morgan fingerprint density at radius 2 is 1.84 bits per heavy atom. The molecule has 1 amide bonds. The first-order valence-corrected chi connectivity index (χ1v) is 7.94. The highest BCUT2D eigenvalue weighted by Crippen LogP contribution is 2.20. The Morgan fingerprint density at radius 3 is 2.48 bits per heavy atom. The van der Waals surface area contributed by atoms with Crippen molar-refractivity contribution in [2.75, 3.05) is 13.1 Å². The van der Waals surface area contributed by atoms with Crippen molar-refractivity contribution in [2.24, 2.45) is 0 Å². The zero-order chi connectivity index (χ0) is 17.8. The zero-order valence-corrected chi connectivity index (χ0v) is 13.4. The highest BCUT2D eigenvalue weighted by atomic mass is 19.1. The molecule has 130 valence electrons. The largest absolute Gasteiger partial charge is 0.490 e. The van der Waals surface area contributed by atoms with Gasteiger partial charge in [0.25, 0.3) is 5.91 Å². The van der Waals surface area contributed by atoms with Crippen LogP contribution < -0.4 is 4.74 Å². The van der Waals surface area contributed by atoms with Crippen LogP contribution in [0.1, 0.15) is 33.7 Å². The van der Waals surface area contributed by atoms with Gasteiger partial charge >= 0.3 is 5.97 Å². The summed E-state index contributed by atoms with van der Waals surface area (Å²) in [5.41, 5.74) is 0.158. The lowest BCUT2D eigenvalue weighted by atomic mass is 10.1. The van der Waals surface area contributed by atoms with Gasteiger partial charge in [-0.3, -0.25) is 9.78 Å². The first-order valence-electron chi connectivity index (χ1n) is 7.94. The second-order valence-electron chi connectivity index (χ2n) is 5.80. The zero-order valence-electron chi connectivity index (χ0n) is 13.4. The molecule has 1 N–H and O–H groups in total.